The van der Waals surface area contributed by atoms with Crippen molar-refractivity contribution in [3.05, 3.63) is 25.3 Å². The lowest BCUT2D eigenvalue weighted by Gasteiger charge is -2.05. The van der Waals surface area contributed by atoms with E-state index in [4.69, 9.17) is 5.11 Å². The predicted octanol–water partition coefficient (Wildman–Crippen LogP) is 0.0232. The maximum atomic E-state index is 10.7. The predicted molar refractivity (Wildman–Crippen MR) is 41.3 cm³/mol. The Morgan fingerprint density at radius 3 is 2.45 bits per heavy atom. The lowest BCUT2D eigenvalue weighted by molar-refractivity contribution is 0.255. The molecule has 0 aromatic rings. The van der Waals surface area contributed by atoms with Crippen LogP contribution in [0.1, 0.15) is 0 Å². The molecule has 0 aromatic heterocycles. The van der Waals surface area contributed by atoms with Crippen LogP contribution in [-0.4, -0.2) is 25.6 Å². The van der Waals surface area contributed by atoms with E-state index in [0.29, 0.717) is 0 Å². The van der Waals surface area contributed by atoms with Crippen molar-refractivity contribution in [3.63, 3.8) is 0 Å². The molecule has 1 atom stereocenters. The minimum atomic E-state index is -3.91. The van der Waals surface area contributed by atoms with Crippen LogP contribution in [0.3, 0.4) is 0 Å². The van der Waals surface area contributed by atoms with E-state index in [1.165, 1.54) is 6.08 Å². The van der Waals surface area contributed by atoms with Gasteiger partial charge in [0.05, 0.1) is 6.61 Å². The highest BCUT2D eigenvalue weighted by atomic mass is 32.2. The second-order valence-corrected chi connectivity index (χ2v) is 3.40. The number of rotatable bonds is 5. The Kier molecular flexibility index (Phi) is 4.02. The van der Waals surface area contributed by atoms with Crippen LogP contribution in [0.25, 0.3) is 0 Å². The van der Waals surface area contributed by atoms with Crippen molar-refractivity contribution in [1.29, 1.82) is 0 Å². The van der Waals surface area contributed by atoms with Crippen molar-refractivity contribution >= 4 is 10.1 Å². The third kappa shape index (κ3) is 3.31. The molecule has 0 aliphatic rings. The fourth-order valence-corrected chi connectivity index (χ4v) is 0.992. The van der Waals surface area contributed by atoms with E-state index in [2.05, 4.69) is 17.3 Å². The maximum Gasteiger partial charge on any atom is 0.298 e. The van der Waals surface area contributed by atoms with Gasteiger partial charge in [-0.15, -0.1) is 6.58 Å². The SMILES string of the molecule is C=CCOS(=O)(=O)C(O)C=C. The smallest absolute Gasteiger partial charge is 0.298 e. The Balaban J connectivity index is 4.22. The Bertz CT molecular complexity index is 229. The van der Waals surface area contributed by atoms with Crippen LogP contribution in [-0.2, 0) is 14.3 Å². The zero-order valence-corrected chi connectivity index (χ0v) is 6.75. The van der Waals surface area contributed by atoms with E-state index >= 15 is 0 Å². The molecule has 1 N–H and O–H groups in total. The fourth-order valence-electron chi connectivity index (χ4n) is 0.331. The van der Waals surface area contributed by atoms with Crippen LogP contribution in [0.4, 0.5) is 0 Å². The molecule has 0 rings (SSSR count). The summed E-state index contributed by atoms with van der Waals surface area (Å²) in [5, 5.41) is 8.75. The summed E-state index contributed by atoms with van der Waals surface area (Å²) >= 11 is 0. The minimum Gasteiger partial charge on any atom is -0.372 e. The third-order valence-corrected chi connectivity index (χ3v) is 2.10. The largest absolute Gasteiger partial charge is 0.372 e. The van der Waals surface area contributed by atoms with E-state index in [1.807, 2.05) is 0 Å². The quantitative estimate of drug-likeness (QED) is 0.476. The highest BCUT2D eigenvalue weighted by Crippen LogP contribution is 2.01. The number of hydrogen-bond acceptors (Lipinski definition) is 4. The molecule has 64 valence electrons. The molecule has 1 unspecified atom stereocenters. The van der Waals surface area contributed by atoms with Gasteiger partial charge in [0.1, 0.15) is 0 Å². The van der Waals surface area contributed by atoms with E-state index in [0.717, 1.165) is 6.08 Å². The Morgan fingerprint density at radius 1 is 1.55 bits per heavy atom. The molecule has 0 spiro atoms. The molecule has 0 heterocycles. The first-order chi connectivity index (χ1) is 5.04. The molecular weight excluding hydrogens is 168 g/mol. The highest BCUT2D eigenvalue weighted by Gasteiger charge is 2.19. The molecule has 0 radical (unpaired) electrons. The third-order valence-electron chi connectivity index (χ3n) is 0.848. The van der Waals surface area contributed by atoms with Crippen molar-refractivity contribution in [1.82, 2.24) is 0 Å². The molecule has 0 aromatic carbocycles. The molecule has 0 saturated heterocycles. The summed E-state index contributed by atoms with van der Waals surface area (Å²) in [4.78, 5) is 0. The molecule has 5 heteroatoms. The number of aliphatic hydroxyl groups is 1. The summed E-state index contributed by atoms with van der Waals surface area (Å²) in [5.74, 6) is 0. The molecule has 0 aliphatic carbocycles. The van der Waals surface area contributed by atoms with E-state index in [1.54, 1.807) is 0 Å². The van der Waals surface area contributed by atoms with Crippen LogP contribution < -0.4 is 0 Å². The van der Waals surface area contributed by atoms with Crippen molar-refractivity contribution in [2.24, 2.45) is 0 Å². The molecule has 4 nitrogen and oxygen atoms in total. The average molecular weight is 178 g/mol. The number of aliphatic hydroxyl groups excluding tert-OH is 1. The van der Waals surface area contributed by atoms with Crippen molar-refractivity contribution in [3.8, 4) is 0 Å². The summed E-state index contributed by atoms with van der Waals surface area (Å²) in [6.45, 7) is 6.21. The summed E-state index contributed by atoms with van der Waals surface area (Å²) in [5.41, 5.74) is -1.66. The minimum absolute atomic E-state index is 0.146. The zero-order valence-electron chi connectivity index (χ0n) is 5.93. The van der Waals surface area contributed by atoms with Crippen LogP contribution in [0.2, 0.25) is 0 Å². The Labute approximate surface area is 65.9 Å². The van der Waals surface area contributed by atoms with Crippen LogP contribution in [0.15, 0.2) is 25.3 Å². The average Bonchev–Trinajstić information content (AvgIpc) is 1.99. The summed E-state index contributed by atoms with van der Waals surface area (Å²) in [6.07, 6.45) is 2.14. The summed E-state index contributed by atoms with van der Waals surface area (Å²) < 4.78 is 25.7. The van der Waals surface area contributed by atoms with Crippen molar-refractivity contribution < 1.29 is 17.7 Å². The molecule has 0 aliphatic heterocycles. The highest BCUT2D eigenvalue weighted by molar-refractivity contribution is 7.87. The fraction of sp³-hybridized carbons (Fsp3) is 0.333. The van der Waals surface area contributed by atoms with Gasteiger partial charge in [-0.1, -0.05) is 12.7 Å². The van der Waals surface area contributed by atoms with Gasteiger partial charge in [0.2, 0.25) is 0 Å². The van der Waals surface area contributed by atoms with Gasteiger partial charge in [0, 0.05) is 0 Å². The second-order valence-electron chi connectivity index (χ2n) is 1.69. The van der Waals surface area contributed by atoms with Gasteiger partial charge in [0.25, 0.3) is 10.1 Å². The van der Waals surface area contributed by atoms with Crippen molar-refractivity contribution in [2.75, 3.05) is 6.61 Å². The van der Waals surface area contributed by atoms with Gasteiger partial charge in [0.15, 0.2) is 5.44 Å². The molecule has 11 heavy (non-hydrogen) atoms. The zero-order chi connectivity index (χ0) is 8.91. The topological polar surface area (TPSA) is 63.6 Å². The lowest BCUT2D eigenvalue weighted by atomic mass is 10.7. The second kappa shape index (κ2) is 4.27. The number of hydrogen-bond donors (Lipinski definition) is 1. The lowest BCUT2D eigenvalue weighted by Crippen LogP contribution is -2.20. The van der Waals surface area contributed by atoms with Gasteiger partial charge in [-0.05, 0) is 6.08 Å². The monoisotopic (exact) mass is 178 g/mol. The molecule has 0 saturated carbocycles. The van der Waals surface area contributed by atoms with Gasteiger partial charge in [-0.2, -0.15) is 8.42 Å². The van der Waals surface area contributed by atoms with E-state index in [9.17, 15) is 8.42 Å². The standard InChI is InChI=1S/C6H10O4S/c1-3-5-10-11(8,9)6(7)4-2/h3-4,6-7H,1-2,5H2. The first-order valence-electron chi connectivity index (χ1n) is 2.84. The Hall–Kier alpha value is -0.650. The van der Waals surface area contributed by atoms with Gasteiger partial charge in [-0.3, -0.25) is 4.18 Å². The molecule has 0 fully saturated rings. The first-order valence-corrected chi connectivity index (χ1v) is 4.31. The van der Waals surface area contributed by atoms with Gasteiger partial charge < -0.3 is 5.11 Å². The summed E-state index contributed by atoms with van der Waals surface area (Å²) in [6, 6.07) is 0. The van der Waals surface area contributed by atoms with Crippen LogP contribution in [0.5, 0.6) is 0 Å². The summed E-state index contributed by atoms with van der Waals surface area (Å²) in [7, 11) is -3.91. The van der Waals surface area contributed by atoms with Crippen LogP contribution in [0, 0.1) is 0 Å². The van der Waals surface area contributed by atoms with Crippen molar-refractivity contribution in [2.45, 2.75) is 5.44 Å². The van der Waals surface area contributed by atoms with Gasteiger partial charge in [-0.25, -0.2) is 0 Å². The normalized spacial score (nSPS) is 13.9. The molecule has 0 amide bonds. The van der Waals surface area contributed by atoms with Gasteiger partial charge >= 0.3 is 0 Å². The molecular formula is C6H10O4S. The maximum absolute atomic E-state index is 10.7. The Morgan fingerprint density at radius 2 is 2.09 bits per heavy atom. The van der Waals surface area contributed by atoms with E-state index in [-0.39, 0.29) is 6.61 Å². The van der Waals surface area contributed by atoms with Crippen LogP contribution >= 0.6 is 0 Å². The van der Waals surface area contributed by atoms with E-state index < -0.39 is 15.6 Å². The molecule has 0 bridgehead atoms. The first kappa shape index (κ1) is 10.3.